The summed E-state index contributed by atoms with van der Waals surface area (Å²) in [4.78, 5) is 1.03. The van der Waals surface area contributed by atoms with Gasteiger partial charge in [0.1, 0.15) is 0 Å². The molecule has 1 aromatic rings. The zero-order valence-corrected chi connectivity index (χ0v) is 12.0. The minimum atomic E-state index is -3.36. The normalized spacial score (nSPS) is 19.4. The SMILES string of the molecule is O=S(=O)(c1csc(CO)c1)N1CCCCCCC1. The van der Waals surface area contributed by atoms with Crippen LogP contribution in [0.5, 0.6) is 0 Å². The van der Waals surface area contributed by atoms with Crippen LogP contribution in [0.2, 0.25) is 0 Å². The van der Waals surface area contributed by atoms with Crippen LogP contribution in [0.25, 0.3) is 0 Å². The van der Waals surface area contributed by atoms with Crippen molar-refractivity contribution < 1.29 is 13.5 Å². The van der Waals surface area contributed by atoms with Crippen LogP contribution in [0.1, 0.15) is 37.0 Å². The van der Waals surface area contributed by atoms with Gasteiger partial charge in [0.15, 0.2) is 0 Å². The quantitative estimate of drug-likeness (QED) is 0.928. The summed E-state index contributed by atoms with van der Waals surface area (Å²) in [5.41, 5.74) is 0. The molecule has 1 N–H and O–H groups in total. The summed E-state index contributed by atoms with van der Waals surface area (Å²) in [7, 11) is -3.36. The maximum Gasteiger partial charge on any atom is 0.243 e. The van der Waals surface area contributed by atoms with Crippen molar-refractivity contribution in [3.8, 4) is 0 Å². The van der Waals surface area contributed by atoms with Crippen molar-refractivity contribution in [3.63, 3.8) is 0 Å². The lowest BCUT2D eigenvalue weighted by Crippen LogP contribution is -2.33. The molecule has 4 nitrogen and oxygen atoms in total. The zero-order valence-electron chi connectivity index (χ0n) is 10.3. The summed E-state index contributed by atoms with van der Waals surface area (Å²) < 4.78 is 26.5. The van der Waals surface area contributed by atoms with Gasteiger partial charge in [0.05, 0.1) is 11.5 Å². The average Bonchev–Trinajstić information content (AvgIpc) is 2.76. The molecule has 1 aliphatic heterocycles. The Kier molecular flexibility index (Phi) is 4.77. The molecule has 0 amide bonds. The van der Waals surface area contributed by atoms with Crippen molar-refractivity contribution in [1.82, 2.24) is 4.31 Å². The lowest BCUT2D eigenvalue weighted by atomic mass is 10.1. The van der Waals surface area contributed by atoms with E-state index in [1.165, 1.54) is 17.8 Å². The Balaban J connectivity index is 2.17. The Morgan fingerprint density at radius 3 is 2.33 bits per heavy atom. The van der Waals surface area contributed by atoms with Crippen LogP contribution in [0.4, 0.5) is 0 Å². The van der Waals surface area contributed by atoms with Crippen molar-refractivity contribution in [1.29, 1.82) is 0 Å². The number of nitrogens with zero attached hydrogens (tertiary/aromatic N) is 1. The molecule has 0 atom stereocenters. The molecule has 0 spiro atoms. The molecule has 2 heterocycles. The van der Waals surface area contributed by atoms with Gasteiger partial charge in [-0.2, -0.15) is 4.31 Å². The summed E-state index contributed by atoms with van der Waals surface area (Å²) in [6.45, 7) is 1.14. The highest BCUT2D eigenvalue weighted by Crippen LogP contribution is 2.24. The summed E-state index contributed by atoms with van der Waals surface area (Å²) >= 11 is 1.29. The molecule has 1 saturated heterocycles. The Bertz CT molecular complexity index is 473. The number of rotatable bonds is 3. The highest BCUT2D eigenvalue weighted by Gasteiger charge is 2.25. The van der Waals surface area contributed by atoms with Gasteiger partial charge in [-0.15, -0.1) is 11.3 Å². The Morgan fingerprint density at radius 2 is 1.78 bits per heavy atom. The molecule has 18 heavy (non-hydrogen) atoms. The molecule has 2 rings (SSSR count). The molecule has 0 radical (unpaired) electrons. The molecular weight excluding hydrogens is 270 g/mol. The molecule has 102 valence electrons. The van der Waals surface area contributed by atoms with Crippen LogP contribution < -0.4 is 0 Å². The molecular formula is C12H19NO3S2. The Morgan fingerprint density at radius 1 is 1.17 bits per heavy atom. The van der Waals surface area contributed by atoms with Crippen LogP contribution in [0.15, 0.2) is 16.3 Å². The van der Waals surface area contributed by atoms with E-state index in [1.54, 1.807) is 15.8 Å². The van der Waals surface area contributed by atoms with Gasteiger partial charge >= 0.3 is 0 Å². The number of aliphatic hydroxyl groups excluding tert-OH is 1. The van der Waals surface area contributed by atoms with E-state index >= 15 is 0 Å². The fourth-order valence-corrected chi connectivity index (χ4v) is 4.83. The minimum absolute atomic E-state index is 0.0970. The summed E-state index contributed by atoms with van der Waals surface area (Å²) in [5, 5.41) is 10.6. The number of aliphatic hydroxyl groups is 1. The lowest BCUT2D eigenvalue weighted by molar-refractivity contribution is 0.285. The van der Waals surface area contributed by atoms with Crippen molar-refractivity contribution >= 4 is 21.4 Å². The highest BCUT2D eigenvalue weighted by atomic mass is 32.2. The average molecular weight is 289 g/mol. The van der Waals surface area contributed by atoms with E-state index in [1.807, 2.05) is 0 Å². The first kappa shape index (κ1) is 14.0. The molecule has 0 unspecified atom stereocenters. The Hall–Kier alpha value is -0.430. The fraction of sp³-hybridized carbons (Fsp3) is 0.667. The number of hydrogen-bond acceptors (Lipinski definition) is 4. The standard InChI is InChI=1S/C12H19NO3S2/c14-9-11-8-12(10-17-11)18(15,16)13-6-4-2-1-3-5-7-13/h8,10,14H,1-7,9H2. The number of thiophene rings is 1. The number of sulfonamides is 1. The van der Waals surface area contributed by atoms with Gasteiger partial charge in [-0.25, -0.2) is 8.42 Å². The van der Waals surface area contributed by atoms with Crippen LogP contribution in [0, 0.1) is 0 Å². The van der Waals surface area contributed by atoms with Crippen molar-refractivity contribution in [2.75, 3.05) is 13.1 Å². The van der Waals surface area contributed by atoms with Crippen LogP contribution >= 0.6 is 11.3 Å². The molecule has 0 saturated carbocycles. The third kappa shape index (κ3) is 3.12. The Labute approximate surface area is 112 Å². The van der Waals surface area contributed by atoms with E-state index in [9.17, 15) is 8.42 Å². The molecule has 1 fully saturated rings. The third-order valence-corrected chi connectivity index (χ3v) is 6.19. The molecule has 1 aliphatic rings. The first-order valence-corrected chi connectivity index (χ1v) is 8.65. The topological polar surface area (TPSA) is 57.6 Å². The van der Waals surface area contributed by atoms with E-state index in [0.717, 1.165) is 25.7 Å². The summed E-state index contributed by atoms with van der Waals surface area (Å²) in [6, 6.07) is 1.58. The molecule has 0 aliphatic carbocycles. The van der Waals surface area contributed by atoms with Crippen LogP contribution in [-0.4, -0.2) is 30.9 Å². The van der Waals surface area contributed by atoms with E-state index in [-0.39, 0.29) is 6.61 Å². The predicted molar refractivity (Wildman–Crippen MR) is 72.1 cm³/mol. The van der Waals surface area contributed by atoms with E-state index < -0.39 is 10.0 Å². The number of hydrogen-bond donors (Lipinski definition) is 1. The second kappa shape index (κ2) is 6.14. The monoisotopic (exact) mass is 289 g/mol. The van der Waals surface area contributed by atoms with Gasteiger partial charge in [0.2, 0.25) is 10.0 Å². The molecule has 0 aromatic carbocycles. The van der Waals surface area contributed by atoms with Gasteiger partial charge in [-0.3, -0.25) is 0 Å². The van der Waals surface area contributed by atoms with Crippen LogP contribution in [-0.2, 0) is 16.6 Å². The van der Waals surface area contributed by atoms with E-state index in [2.05, 4.69) is 0 Å². The first-order valence-electron chi connectivity index (χ1n) is 6.33. The second-order valence-electron chi connectivity index (χ2n) is 4.58. The maximum atomic E-state index is 12.4. The van der Waals surface area contributed by atoms with Crippen LogP contribution in [0.3, 0.4) is 0 Å². The largest absolute Gasteiger partial charge is 0.391 e. The minimum Gasteiger partial charge on any atom is -0.391 e. The van der Waals surface area contributed by atoms with Gasteiger partial charge in [0, 0.05) is 23.3 Å². The highest BCUT2D eigenvalue weighted by molar-refractivity contribution is 7.89. The lowest BCUT2D eigenvalue weighted by Gasteiger charge is -2.23. The van der Waals surface area contributed by atoms with Gasteiger partial charge < -0.3 is 5.11 Å². The first-order chi connectivity index (χ1) is 8.64. The second-order valence-corrected chi connectivity index (χ2v) is 7.51. The van der Waals surface area contributed by atoms with E-state index in [4.69, 9.17) is 5.11 Å². The smallest absolute Gasteiger partial charge is 0.243 e. The maximum absolute atomic E-state index is 12.4. The van der Waals surface area contributed by atoms with Crippen molar-refractivity contribution in [3.05, 3.63) is 16.3 Å². The third-order valence-electron chi connectivity index (χ3n) is 3.24. The fourth-order valence-electron chi connectivity index (χ4n) is 2.19. The molecule has 6 heteroatoms. The van der Waals surface area contributed by atoms with Gasteiger partial charge in [-0.05, 0) is 18.9 Å². The van der Waals surface area contributed by atoms with Gasteiger partial charge in [0.25, 0.3) is 0 Å². The predicted octanol–water partition coefficient (Wildman–Crippen LogP) is 2.20. The van der Waals surface area contributed by atoms with Crippen molar-refractivity contribution in [2.45, 2.75) is 43.6 Å². The van der Waals surface area contributed by atoms with Crippen molar-refractivity contribution in [2.24, 2.45) is 0 Å². The van der Waals surface area contributed by atoms with Gasteiger partial charge in [-0.1, -0.05) is 19.3 Å². The van der Waals surface area contributed by atoms with E-state index in [0.29, 0.717) is 22.9 Å². The summed E-state index contributed by atoms with van der Waals surface area (Å²) in [5.74, 6) is 0. The molecule has 1 aromatic heterocycles. The zero-order chi connectivity index (χ0) is 13.0. The molecule has 0 bridgehead atoms. The summed E-state index contributed by atoms with van der Waals surface area (Å²) in [6.07, 6.45) is 5.31.